The number of carbonyl (C=O) groups is 1. The zero-order valence-electron chi connectivity index (χ0n) is 13.2. The number of amides is 1. The Morgan fingerprint density at radius 3 is 2.46 bits per heavy atom. The summed E-state index contributed by atoms with van der Waals surface area (Å²) in [6.07, 6.45) is 8.59. The molecule has 0 bridgehead atoms. The molecule has 0 saturated carbocycles. The molecule has 128 valence electrons. The van der Waals surface area contributed by atoms with Crippen molar-refractivity contribution < 1.29 is 13.2 Å². The first-order valence-electron chi connectivity index (χ1n) is 7.51. The molecule has 3 rings (SSSR count). The van der Waals surface area contributed by atoms with Gasteiger partial charge in [0, 0.05) is 31.4 Å². The summed E-state index contributed by atoms with van der Waals surface area (Å²) in [5.74, 6) is 0.0619. The van der Waals surface area contributed by atoms with Crippen molar-refractivity contribution >= 4 is 21.6 Å². The lowest BCUT2D eigenvalue weighted by Crippen LogP contribution is -2.40. The van der Waals surface area contributed by atoms with E-state index in [1.54, 1.807) is 18.5 Å². The quantitative estimate of drug-likeness (QED) is 0.848. The van der Waals surface area contributed by atoms with Crippen molar-refractivity contribution in [3.05, 3.63) is 30.9 Å². The van der Waals surface area contributed by atoms with Crippen LogP contribution < -0.4 is 5.32 Å². The molecule has 0 aliphatic carbocycles. The lowest BCUT2D eigenvalue weighted by molar-refractivity contribution is -0.120. The first-order valence-corrected chi connectivity index (χ1v) is 9.36. The molecular weight excluding hydrogens is 332 g/mol. The number of sulfonamides is 1. The Morgan fingerprint density at radius 1 is 1.25 bits per heavy atom. The van der Waals surface area contributed by atoms with E-state index in [1.807, 2.05) is 0 Å². The van der Waals surface area contributed by atoms with Gasteiger partial charge in [0.15, 0.2) is 0 Å². The van der Waals surface area contributed by atoms with Crippen molar-refractivity contribution in [3.63, 3.8) is 0 Å². The minimum Gasteiger partial charge on any atom is -0.323 e. The second kappa shape index (κ2) is 6.65. The maximum absolute atomic E-state index is 12.3. The molecule has 10 heteroatoms. The Kier molecular flexibility index (Phi) is 4.58. The number of carbonyl (C=O) groups excluding carboxylic acids is 1. The van der Waals surface area contributed by atoms with E-state index in [0.29, 0.717) is 37.6 Å². The van der Waals surface area contributed by atoms with E-state index in [-0.39, 0.29) is 11.8 Å². The molecule has 0 unspecified atom stereocenters. The Hall–Kier alpha value is -2.33. The van der Waals surface area contributed by atoms with Crippen molar-refractivity contribution in [1.82, 2.24) is 24.1 Å². The maximum Gasteiger partial charge on any atom is 0.250 e. The Balaban J connectivity index is 1.58. The van der Waals surface area contributed by atoms with Crippen LogP contribution in [0.2, 0.25) is 0 Å². The number of hydrogen-bond donors (Lipinski definition) is 1. The van der Waals surface area contributed by atoms with Crippen LogP contribution in [0.15, 0.2) is 30.9 Å². The maximum atomic E-state index is 12.3. The molecule has 1 N–H and O–H groups in total. The van der Waals surface area contributed by atoms with Crippen molar-refractivity contribution in [1.29, 1.82) is 0 Å². The van der Waals surface area contributed by atoms with Gasteiger partial charge in [0.2, 0.25) is 15.9 Å². The summed E-state index contributed by atoms with van der Waals surface area (Å²) >= 11 is 0. The smallest absolute Gasteiger partial charge is 0.250 e. The summed E-state index contributed by atoms with van der Waals surface area (Å²) in [5.41, 5.74) is 0.501. The Bertz CT molecular complexity index is 796. The lowest BCUT2D eigenvalue weighted by atomic mass is 9.97. The minimum absolute atomic E-state index is 0.140. The van der Waals surface area contributed by atoms with Gasteiger partial charge in [-0.15, -0.1) is 0 Å². The van der Waals surface area contributed by atoms with Crippen LogP contribution in [0.25, 0.3) is 5.95 Å². The molecule has 9 nitrogen and oxygen atoms in total. The predicted molar refractivity (Wildman–Crippen MR) is 86.9 cm³/mol. The van der Waals surface area contributed by atoms with E-state index < -0.39 is 10.0 Å². The molecule has 2 aromatic heterocycles. The lowest BCUT2D eigenvalue weighted by Gasteiger charge is -2.29. The van der Waals surface area contributed by atoms with Crippen LogP contribution in [-0.4, -0.2) is 57.7 Å². The molecule has 1 aliphatic heterocycles. The van der Waals surface area contributed by atoms with Gasteiger partial charge in [0.25, 0.3) is 5.95 Å². The van der Waals surface area contributed by atoms with E-state index in [1.165, 1.54) is 27.6 Å². The third-order valence-corrected chi connectivity index (χ3v) is 5.21. The fraction of sp³-hybridized carbons (Fsp3) is 0.429. The standard InChI is InChI=1S/C14H18N6O3S/c1-24(22,23)19-7-3-11(4-8-19)13(21)18-12-9-15-14(16-10-12)20-6-2-5-17-20/h2,5-6,9-11H,3-4,7-8H2,1H3,(H,18,21). The summed E-state index contributed by atoms with van der Waals surface area (Å²) < 4.78 is 25.9. The van der Waals surface area contributed by atoms with Crippen LogP contribution in [0.3, 0.4) is 0 Å². The molecule has 0 spiro atoms. The zero-order chi connectivity index (χ0) is 17.2. The molecule has 0 atom stereocenters. The fourth-order valence-electron chi connectivity index (χ4n) is 2.59. The van der Waals surface area contributed by atoms with Crippen LogP contribution in [0.1, 0.15) is 12.8 Å². The molecule has 1 fully saturated rings. The van der Waals surface area contributed by atoms with Gasteiger partial charge in [-0.3, -0.25) is 4.79 Å². The summed E-state index contributed by atoms with van der Waals surface area (Å²) in [6.45, 7) is 0.733. The zero-order valence-corrected chi connectivity index (χ0v) is 14.0. The molecule has 3 heterocycles. The second-order valence-electron chi connectivity index (χ2n) is 5.65. The summed E-state index contributed by atoms with van der Waals surface area (Å²) in [5, 5.41) is 6.80. The van der Waals surface area contributed by atoms with Gasteiger partial charge in [-0.25, -0.2) is 27.4 Å². The van der Waals surface area contributed by atoms with E-state index in [9.17, 15) is 13.2 Å². The largest absolute Gasteiger partial charge is 0.323 e. The first kappa shape index (κ1) is 16.5. The molecule has 24 heavy (non-hydrogen) atoms. The van der Waals surface area contributed by atoms with Gasteiger partial charge in [-0.2, -0.15) is 5.10 Å². The number of nitrogens with one attached hydrogen (secondary N) is 1. The van der Waals surface area contributed by atoms with Crippen molar-refractivity contribution in [2.45, 2.75) is 12.8 Å². The minimum atomic E-state index is -3.19. The van der Waals surface area contributed by atoms with Crippen molar-refractivity contribution in [2.24, 2.45) is 5.92 Å². The Morgan fingerprint density at radius 2 is 1.92 bits per heavy atom. The van der Waals surface area contributed by atoms with Crippen LogP contribution >= 0.6 is 0 Å². The van der Waals surface area contributed by atoms with Gasteiger partial charge in [0.05, 0.1) is 24.3 Å². The monoisotopic (exact) mass is 350 g/mol. The summed E-state index contributed by atoms with van der Waals surface area (Å²) in [7, 11) is -3.19. The third-order valence-electron chi connectivity index (χ3n) is 3.91. The average molecular weight is 350 g/mol. The highest BCUT2D eigenvalue weighted by atomic mass is 32.2. The SMILES string of the molecule is CS(=O)(=O)N1CCC(C(=O)Nc2cnc(-n3cccn3)nc2)CC1. The first-order chi connectivity index (χ1) is 11.4. The van der Waals surface area contributed by atoms with Crippen LogP contribution in [0.4, 0.5) is 5.69 Å². The number of anilines is 1. The highest BCUT2D eigenvalue weighted by Gasteiger charge is 2.28. The highest BCUT2D eigenvalue weighted by Crippen LogP contribution is 2.20. The molecule has 1 amide bonds. The fourth-order valence-corrected chi connectivity index (χ4v) is 3.46. The van der Waals surface area contributed by atoms with Gasteiger partial charge >= 0.3 is 0 Å². The highest BCUT2D eigenvalue weighted by molar-refractivity contribution is 7.88. The third kappa shape index (κ3) is 3.77. The Labute approximate surface area is 139 Å². The number of rotatable bonds is 4. The molecule has 0 aromatic carbocycles. The van der Waals surface area contributed by atoms with E-state index in [0.717, 1.165) is 0 Å². The van der Waals surface area contributed by atoms with Crippen LogP contribution in [-0.2, 0) is 14.8 Å². The normalized spacial score (nSPS) is 16.9. The van der Waals surface area contributed by atoms with Crippen molar-refractivity contribution in [3.8, 4) is 5.95 Å². The van der Waals surface area contributed by atoms with Gasteiger partial charge < -0.3 is 5.32 Å². The average Bonchev–Trinajstić information content (AvgIpc) is 3.09. The summed E-state index contributed by atoms with van der Waals surface area (Å²) in [6, 6.07) is 1.77. The van der Waals surface area contributed by atoms with Gasteiger partial charge in [0.1, 0.15) is 0 Å². The number of aromatic nitrogens is 4. The molecule has 1 aliphatic rings. The number of piperidine rings is 1. The molecule has 0 radical (unpaired) electrons. The van der Waals surface area contributed by atoms with Gasteiger partial charge in [-0.05, 0) is 18.9 Å². The van der Waals surface area contributed by atoms with E-state index in [2.05, 4.69) is 20.4 Å². The van der Waals surface area contributed by atoms with Crippen LogP contribution in [0, 0.1) is 5.92 Å². The van der Waals surface area contributed by atoms with E-state index >= 15 is 0 Å². The predicted octanol–water partition coefficient (Wildman–Crippen LogP) is 0.272. The molecule has 1 saturated heterocycles. The number of nitrogens with zero attached hydrogens (tertiary/aromatic N) is 5. The second-order valence-corrected chi connectivity index (χ2v) is 7.63. The summed E-state index contributed by atoms with van der Waals surface area (Å²) in [4.78, 5) is 20.6. The van der Waals surface area contributed by atoms with Crippen molar-refractivity contribution in [2.75, 3.05) is 24.7 Å². The van der Waals surface area contributed by atoms with E-state index in [4.69, 9.17) is 0 Å². The number of hydrogen-bond acceptors (Lipinski definition) is 6. The topological polar surface area (TPSA) is 110 Å². The molecular formula is C14H18N6O3S. The molecule has 2 aromatic rings. The van der Waals surface area contributed by atoms with Gasteiger partial charge in [-0.1, -0.05) is 0 Å². The van der Waals surface area contributed by atoms with Crippen LogP contribution in [0.5, 0.6) is 0 Å².